The molecule has 0 saturated heterocycles. The van der Waals surface area contributed by atoms with Crippen LogP contribution in [0.2, 0.25) is 5.02 Å². The fraction of sp³-hybridized carbons (Fsp3) is 0.143. The number of carbonyl (C=O) groups is 2. The highest BCUT2D eigenvalue weighted by Crippen LogP contribution is 2.27. The highest BCUT2D eigenvalue weighted by atomic mass is 35.5. The van der Waals surface area contributed by atoms with Gasteiger partial charge in [0.25, 0.3) is 0 Å². The number of amides is 1. The molecule has 0 fully saturated rings. The summed E-state index contributed by atoms with van der Waals surface area (Å²) < 4.78 is 6.70. The average Bonchev–Trinajstić information content (AvgIpc) is 2.86. The summed E-state index contributed by atoms with van der Waals surface area (Å²) in [6.45, 7) is 0.0384. The Morgan fingerprint density at radius 2 is 2.25 bits per heavy atom. The van der Waals surface area contributed by atoms with Crippen molar-refractivity contribution in [3.63, 3.8) is 0 Å². The molecule has 0 bridgehead atoms. The number of methoxy groups -OCH3 is 1. The van der Waals surface area contributed by atoms with Crippen LogP contribution in [0, 0.1) is 0 Å². The number of hydrogen-bond donors (Lipinski definition) is 1. The van der Waals surface area contributed by atoms with Gasteiger partial charge in [-0.05, 0) is 30.3 Å². The quantitative estimate of drug-likeness (QED) is 0.862. The molecule has 2 rings (SSSR count). The molecule has 0 radical (unpaired) electrons. The minimum absolute atomic E-state index is 0.0384. The molecule has 1 heterocycles. The zero-order valence-corrected chi connectivity index (χ0v) is 11.6. The van der Waals surface area contributed by atoms with Gasteiger partial charge in [0, 0.05) is 11.2 Å². The van der Waals surface area contributed by atoms with Gasteiger partial charge in [-0.25, -0.2) is 0 Å². The standard InChI is InChI=1S/C14H13ClN2O3/c1-20-13-5-4-10(15)7-12(13)16-14(19)8-17-6-2-3-11(17)9-18/h2-7,9H,8H2,1H3,(H,16,19). The van der Waals surface area contributed by atoms with Gasteiger partial charge in [-0.1, -0.05) is 11.6 Å². The molecule has 5 nitrogen and oxygen atoms in total. The van der Waals surface area contributed by atoms with Crippen molar-refractivity contribution in [3.05, 3.63) is 47.2 Å². The number of anilines is 1. The molecule has 1 amide bonds. The maximum Gasteiger partial charge on any atom is 0.244 e. The van der Waals surface area contributed by atoms with Gasteiger partial charge in [-0.3, -0.25) is 9.59 Å². The van der Waals surface area contributed by atoms with Crippen LogP contribution >= 0.6 is 11.6 Å². The Balaban J connectivity index is 2.12. The van der Waals surface area contributed by atoms with Gasteiger partial charge in [0.1, 0.15) is 12.3 Å². The lowest BCUT2D eigenvalue weighted by molar-refractivity contribution is -0.116. The van der Waals surface area contributed by atoms with Gasteiger partial charge >= 0.3 is 0 Å². The zero-order chi connectivity index (χ0) is 14.5. The summed E-state index contributed by atoms with van der Waals surface area (Å²) in [5.41, 5.74) is 0.933. The van der Waals surface area contributed by atoms with E-state index in [1.54, 1.807) is 41.1 Å². The first kappa shape index (κ1) is 14.1. The van der Waals surface area contributed by atoms with Crippen LogP contribution in [-0.2, 0) is 11.3 Å². The first-order valence-electron chi connectivity index (χ1n) is 5.87. The fourth-order valence-electron chi connectivity index (χ4n) is 1.80. The third kappa shape index (κ3) is 3.19. The van der Waals surface area contributed by atoms with E-state index in [1.807, 2.05) is 0 Å². The second kappa shape index (κ2) is 6.25. The fourth-order valence-corrected chi connectivity index (χ4v) is 1.97. The first-order chi connectivity index (χ1) is 9.63. The minimum atomic E-state index is -0.273. The number of aldehydes is 1. The van der Waals surface area contributed by atoms with Crippen molar-refractivity contribution in [2.75, 3.05) is 12.4 Å². The molecular weight excluding hydrogens is 280 g/mol. The number of nitrogens with one attached hydrogen (secondary N) is 1. The number of carbonyl (C=O) groups excluding carboxylic acids is 2. The summed E-state index contributed by atoms with van der Waals surface area (Å²) in [6.07, 6.45) is 2.37. The first-order valence-corrected chi connectivity index (χ1v) is 6.25. The molecule has 104 valence electrons. The molecule has 1 aromatic heterocycles. The summed E-state index contributed by atoms with van der Waals surface area (Å²) in [7, 11) is 1.51. The van der Waals surface area contributed by atoms with Crippen LogP contribution < -0.4 is 10.1 Å². The summed E-state index contributed by atoms with van der Waals surface area (Å²) in [5.74, 6) is 0.246. The molecule has 0 aliphatic rings. The van der Waals surface area contributed by atoms with Gasteiger partial charge < -0.3 is 14.6 Å². The molecule has 0 spiro atoms. The van der Waals surface area contributed by atoms with Crippen LogP contribution in [0.4, 0.5) is 5.69 Å². The van der Waals surface area contributed by atoms with Crippen molar-refractivity contribution in [2.45, 2.75) is 6.54 Å². The molecule has 0 atom stereocenters. The number of ether oxygens (including phenoxy) is 1. The van der Waals surface area contributed by atoms with E-state index in [1.165, 1.54) is 7.11 Å². The SMILES string of the molecule is COc1ccc(Cl)cc1NC(=O)Cn1cccc1C=O. The lowest BCUT2D eigenvalue weighted by Crippen LogP contribution is -2.19. The van der Waals surface area contributed by atoms with Crippen LogP contribution in [-0.4, -0.2) is 23.9 Å². The number of nitrogens with zero attached hydrogens (tertiary/aromatic N) is 1. The second-order valence-corrected chi connectivity index (χ2v) is 4.51. The molecule has 1 aromatic carbocycles. The summed E-state index contributed by atoms with van der Waals surface area (Å²) in [6, 6.07) is 8.29. The molecule has 6 heteroatoms. The van der Waals surface area contributed by atoms with Crippen molar-refractivity contribution in [1.29, 1.82) is 0 Å². The number of hydrogen-bond acceptors (Lipinski definition) is 3. The molecule has 2 aromatic rings. The van der Waals surface area contributed by atoms with Gasteiger partial charge in [0.2, 0.25) is 5.91 Å². The Morgan fingerprint density at radius 3 is 2.95 bits per heavy atom. The van der Waals surface area contributed by atoms with Crippen molar-refractivity contribution >= 4 is 29.5 Å². The van der Waals surface area contributed by atoms with E-state index in [9.17, 15) is 9.59 Å². The monoisotopic (exact) mass is 292 g/mol. The molecule has 0 saturated carbocycles. The van der Waals surface area contributed by atoms with E-state index in [4.69, 9.17) is 16.3 Å². The lowest BCUT2D eigenvalue weighted by atomic mass is 10.3. The normalized spacial score (nSPS) is 10.1. The summed E-state index contributed by atoms with van der Waals surface area (Å²) in [5, 5.41) is 3.20. The van der Waals surface area contributed by atoms with E-state index >= 15 is 0 Å². The number of aromatic nitrogens is 1. The predicted octanol–water partition coefficient (Wildman–Crippen LogP) is 2.60. The topological polar surface area (TPSA) is 60.3 Å². The Bertz CT molecular complexity index is 637. The van der Waals surface area contributed by atoms with Crippen LogP contribution in [0.5, 0.6) is 5.75 Å². The summed E-state index contributed by atoms with van der Waals surface area (Å²) >= 11 is 5.89. The van der Waals surface area contributed by atoms with Gasteiger partial charge in [0.05, 0.1) is 18.5 Å². The van der Waals surface area contributed by atoms with Crippen LogP contribution in [0.25, 0.3) is 0 Å². The number of halogens is 1. The second-order valence-electron chi connectivity index (χ2n) is 4.07. The van der Waals surface area contributed by atoms with E-state index in [2.05, 4.69) is 5.32 Å². The number of rotatable bonds is 5. The third-order valence-electron chi connectivity index (χ3n) is 2.73. The molecular formula is C14H13ClN2O3. The van der Waals surface area contributed by atoms with E-state index < -0.39 is 0 Å². The molecule has 20 heavy (non-hydrogen) atoms. The number of benzene rings is 1. The van der Waals surface area contributed by atoms with Gasteiger partial charge in [0.15, 0.2) is 6.29 Å². The van der Waals surface area contributed by atoms with Crippen molar-refractivity contribution in [3.8, 4) is 5.75 Å². The van der Waals surface area contributed by atoms with Crippen LogP contribution in [0.15, 0.2) is 36.5 Å². The maximum atomic E-state index is 12.0. The van der Waals surface area contributed by atoms with Crippen LogP contribution in [0.3, 0.4) is 0 Å². The summed E-state index contributed by atoms with van der Waals surface area (Å²) in [4.78, 5) is 22.8. The Morgan fingerprint density at radius 1 is 1.45 bits per heavy atom. The predicted molar refractivity (Wildman–Crippen MR) is 76.5 cm³/mol. The zero-order valence-electron chi connectivity index (χ0n) is 10.8. The molecule has 0 unspecified atom stereocenters. The lowest BCUT2D eigenvalue weighted by Gasteiger charge is -2.11. The largest absolute Gasteiger partial charge is 0.495 e. The highest BCUT2D eigenvalue weighted by Gasteiger charge is 2.10. The van der Waals surface area contributed by atoms with E-state index in [0.717, 1.165) is 0 Å². The molecule has 0 aliphatic heterocycles. The average molecular weight is 293 g/mol. The Hall–Kier alpha value is -2.27. The van der Waals surface area contributed by atoms with Crippen molar-refractivity contribution in [1.82, 2.24) is 4.57 Å². The Labute approximate surface area is 121 Å². The van der Waals surface area contributed by atoms with Gasteiger partial charge in [-0.15, -0.1) is 0 Å². The van der Waals surface area contributed by atoms with E-state index in [-0.39, 0.29) is 12.5 Å². The van der Waals surface area contributed by atoms with E-state index in [0.29, 0.717) is 28.4 Å². The Kier molecular flexibility index (Phi) is 4.42. The maximum absolute atomic E-state index is 12.0. The third-order valence-corrected chi connectivity index (χ3v) is 2.97. The minimum Gasteiger partial charge on any atom is -0.495 e. The van der Waals surface area contributed by atoms with Crippen molar-refractivity contribution in [2.24, 2.45) is 0 Å². The van der Waals surface area contributed by atoms with Crippen molar-refractivity contribution < 1.29 is 14.3 Å². The van der Waals surface area contributed by atoms with Gasteiger partial charge in [-0.2, -0.15) is 0 Å². The molecule has 1 N–H and O–H groups in total. The smallest absolute Gasteiger partial charge is 0.244 e. The van der Waals surface area contributed by atoms with Crippen LogP contribution in [0.1, 0.15) is 10.5 Å². The highest BCUT2D eigenvalue weighted by molar-refractivity contribution is 6.31. The molecule has 0 aliphatic carbocycles.